The average Bonchev–Trinajstić information content (AvgIpc) is 2.83. The molecule has 0 spiro atoms. The topological polar surface area (TPSA) is 82.0 Å². The zero-order chi connectivity index (χ0) is 14.3. The summed E-state index contributed by atoms with van der Waals surface area (Å²) in [6.45, 7) is 0. The molecule has 3 heterocycles. The summed E-state index contributed by atoms with van der Waals surface area (Å²) in [6, 6.07) is 4.15. The Morgan fingerprint density at radius 3 is 2.60 bits per heavy atom. The summed E-state index contributed by atoms with van der Waals surface area (Å²) in [5.74, 6) is -0.0505. The lowest BCUT2D eigenvalue weighted by Gasteiger charge is -2.10. The van der Waals surface area contributed by atoms with E-state index in [9.17, 15) is 13.2 Å². The van der Waals surface area contributed by atoms with Crippen molar-refractivity contribution in [3.05, 3.63) is 36.3 Å². The van der Waals surface area contributed by atoms with Gasteiger partial charge < -0.3 is 5.73 Å². The number of aromatic nitrogens is 5. The molecule has 102 valence electrons. The van der Waals surface area contributed by atoms with Gasteiger partial charge in [0.1, 0.15) is 0 Å². The molecular weight excluding hydrogens is 273 g/mol. The van der Waals surface area contributed by atoms with Crippen LogP contribution in [0.3, 0.4) is 0 Å². The van der Waals surface area contributed by atoms with Gasteiger partial charge in [0, 0.05) is 18.5 Å². The standard InChI is InChI=1S/C11H7F3N6/c12-11(13,14)8-6(2-1-4-16-8)9-19-18-7-3-5-17-10(15)20(7)9/h1-5H,(H2,15,17). The van der Waals surface area contributed by atoms with Crippen LogP contribution in [0.5, 0.6) is 0 Å². The predicted molar refractivity (Wildman–Crippen MR) is 63.4 cm³/mol. The van der Waals surface area contributed by atoms with Crippen molar-refractivity contribution in [1.29, 1.82) is 0 Å². The minimum Gasteiger partial charge on any atom is -0.369 e. The Balaban J connectivity index is 2.33. The summed E-state index contributed by atoms with van der Waals surface area (Å²) in [5, 5.41) is 7.53. The summed E-state index contributed by atoms with van der Waals surface area (Å²) >= 11 is 0. The molecule has 3 aromatic heterocycles. The van der Waals surface area contributed by atoms with Gasteiger partial charge in [0.15, 0.2) is 17.2 Å². The van der Waals surface area contributed by atoms with Gasteiger partial charge in [0.25, 0.3) is 0 Å². The van der Waals surface area contributed by atoms with E-state index in [2.05, 4.69) is 20.2 Å². The van der Waals surface area contributed by atoms with Gasteiger partial charge in [-0.2, -0.15) is 13.2 Å². The molecule has 0 aliphatic heterocycles. The molecule has 0 amide bonds. The Labute approximate surface area is 110 Å². The number of nitrogens with zero attached hydrogens (tertiary/aromatic N) is 5. The molecule has 0 aliphatic carbocycles. The minimum absolute atomic E-state index is 0.000484. The van der Waals surface area contributed by atoms with Crippen molar-refractivity contribution in [1.82, 2.24) is 24.6 Å². The summed E-state index contributed by atoms with van der Waals surface area (Å²) < 4.78 is 40.2. The maximum atomic E-state index is 13.0. The molecule has 0 aliphatic rings. The van der Waals surface area contributed by atoms with Crippen LogP contribution in [0.25, 0.3) is 17.0 Å². The van der Waals surface area contributed by atoms with Crippen LogP contribution in [0.15, 0.2) is 30.6 Å². The molecule has 0 saturated heterocycles. The molecule has 0 unspecified atom stereocenters. The van der Waals surface area contributed by atoms with Gasteiger partial charge in [-0.3, -0.25) is 4.98 Å². The number of nitrogens with two attached hydrogens (primary N) is 1. The second-order valence-corrected chi connectivity index (χ2v) is 3.92. The molecule has 2 N–H and O–H groups in total. The Morgan fingerprint density at radius 1 is 1.05 bits per heavy atom. The van der Waals surface area contributed by atoms with Crippen molar-refractivity contribution >= 4 is 11.6 Å². The molecule has 20 heavy (non-hydrogen) atoms. The first-order chi connectivity index (χ1) is 9.48. The first-order valence-corrected chi connectivity index (χ1v) is 5.46. The van der Waals surface area contributed by atoms with E-state index in [1.54, 1.807) is 0 Å². The molecule has 9 heteroatoms. The van der Waals surface area contributed by atoms with Gasteiger partial charge in [-0.15, -0.1) is 10.2 Å². The zero-order valence-corrected chi connectivity index (χ0v) is 9.83. The van der Waals surface area contributed by atoms with Crippen molar-refractivity contribution in [2.24, 2.45) is 0 Å². The largest absolute Gasteiger partial charge is 0.434 e. The van der Waals surface area contributed by atoms with Crippen molar-refractivity contribution in [3.8, 4) is 11.4 Å². The van der Waals surface area contributed by atoms with E-state index in [1.165, 1.54) is 28.8 Å². The van der Waals surface area contributed by atoms with Gasteiger partial charge in [-0.05, 0) is 12.1 Å². The Bertz CT molecular complexity index is 779. The first kappa shape index (κ1) is 12.3. The van der Waals surface area contributed by atoms with E-state index >= 15 is 0 Å². The molecule has 0 fully saturated rings. The number of anilines is 1. The van der Waals surface area contributed by atoms with Crippen molar-refractivity contribution < 1.29 is 13.2 Å². The monoisotopic (exact) mass is 280 g/mol. The normalized spacial score (nSPS) is 11.9. The maximum absolute atomic E-state index is 13.0. The fraction of sp³-hybridized carbons (Fsp3) is 0.0909. The van der Waals surface area contributed by atoms with Gasteiger partial charge in [0.2, 0.25) is 5.95 Å². The van der Waals surface area contributed by atoms with E-state index in [0.29, 0.717) is 5.65 Å². The molecule has 0 bridgehead atoms. The first-order valence-electron chi connectivity index (χ1n) is 5.46. The number of hydrogen-bond acceptors (Lipinski definition) is 5. The van der Waals surface area contributed by atoms with Gasteiger partial charge in [-0.1, -0.05) is 0 Å². The molecule has 0 aromatic carbocycles. The highest BCUT2D eigenvalue weighted by atomic mass is 19.4. The van der Waals surface area contributed by atoms with Crippen LogP contribution in [0.1, 0.15) is 5.69 Å². The molecule has 0 atom stereocenters. The predicted octanol–water partition coefficient (Wildman–Crippen LogP) is 1.79. The number of fused-ring (bicyclic) bond motifs is 1. The number of pyridine rings is 1. The quantitative estimate of drug-likeness (QED) is 0.734. The number of rotatable bonds is 1. The van der Waals surface area contributed by atoms with Crippen molar-refractivity contribution in [3.63, 3.8) is 0 Å². The third-order valence-corrected chi connectivity index (χ3v) is 2.66. The van der Waals surface area contributed by atoms with Gasteiger partial charge in [0.05, 0.1) is 5.56 Å². The van der Waals surface area contributed by atoms with Crippen molar-refractivity contribution in [2.75, 3.05) is 5.73 Å². The lowest BCUT2D eigenvalue weighted by molar-refractivity contribution is -0.140. The van der Waals surface area contributed by atoms with Crippen LogP contribution in [-0.4, -0.2) is 24.6 Å². The van der Waals surface area contributed by atoms with Crippen LogP contribution < -0.4 is 5.73 Å². The summed E-state index contributed by atoms with van der Waals surface area (Å²) in [5.41, 5.74) is 4.73. The lowest BCUT2D eigenvalue weighted by Crippen LogP contribution is -2.11. The highest BCUT2D eigenvalue weighted by molar-refractivity contribution is 5.64. The third kappa shape index (κ3) is 1.83. The number of nitrogen functional groups attached to an aromatic ring is 1. The van der Waals surface area contributed by atoms with E-state index in [0.717, 1.165) is 6.20 Å². The molecule has 3 aromatic rings. The zero-order valence-electron chi connectivity index (χ0n) is 9.83. The van der Waals surface area contributed by atoms with E-state index in [1.807, 2.05) is 0 Å². The van der Waals surface area contributed by atoms with Crippen LogP contribution in [0.2, 0.25) is 0 Å². The van der Waals surface area contributed by atoms with Crippen LogP contribution in [0.4, 0.5) is 19.1 Å². The van der Waals surface area contributed by atoms with Gasteiger partial charge >= 0.3 is 6.18 Å². The summed E-state index contributed by atoms with van der Waals surface area (Å²) in [4.78, 5) is 7.19. The van der Waals surface area contributed by atoms with E-state index < -0.39 is 11.9 Å². The van der Waals surface area contributed by atoms with E-state index in [-0.39, 0.29) is 17.3 Å². The Morgan fingerprint density at radius 2 is 1.85 bits per heavy atom. The fourth-order valence-electron chi connectivity index (χ4n) is 1.85. The second kappa shape index (κ2) is 4.15. The average molecular weight is 280 g/mol. The lowest BCUT2D eigenvalue weighted by atomic mass is 10.1. The molecule has 3 rings (SSSR count). The number of hydrogen-bond donors (Lipinski definition) is 1. The number of halogens is 3. The van der Waals surface area contributed by atoms with Crippen molar-refractivity contribution in [2.45, 2.75) is 6.18 Å². The summed E-state index contributed by atoms with van der Waals surface area (Å²) in [6.07, 6.45) is -2.13. The minimum atomic E-state index is -4.60. The Hall–Kier alpha value is -2.71. The summed E-state index contributed by atoms with van der Waals surface area (Å²) in [7, 11) is 0. The fourth-order valence-corrected chi connectivity index (χ4v) is 1.85. The molecule has 6 nitrogen and oxygen atoms in total. The molecule has 0 saturated carbocycles. The van der Waals surface area contributed by atoms with Crippen LogP contribution in [-0.2, 0) is 6.18 Å². The van der Waals surface area contributed by atoms with E-state index in [4.69, 9.17) is 5.73 Å². The highest BCUT2D eigenvalue weighted by Gasteiger charge is 2.36. The SMILES string of the molecule is Nc1nccc2nnc(-c3cccnc3C(F)(F)F)n12. The molecular formula is C11H7F3N6. The van der Waals surface area contributed by atoms with Crippen LogP contribution in [0, 0.1) is 0 Å². The smallest absolute Gasteiger partial charge is 0.369 e. The number of alkyl halides is 3. The van der Waals surface area contributed by atoms with Gasteiger partial charge in [-0.25, -0.2) is 9.38 Å². The Kier molecular flexibility index (Phi) is 2.56. The molecule has 0 radical (unpaired) electrons. The highest BCUT2D eigenvalue weighted by Crippen LogP contribution is 2.34. The second-order valence-electron chi connectivity index (χ2n) is 3.92. The maximum Gasteiger partial charge on any atom is 0.434 e. The van der Waals surface area contributed by atoms with Crippen LogP contribution >= 0.6 is 0 Å². The third-order valence-electron chi connectivity index (χ3n) is 2.66.